The molecule has 0 bridgehead atoms. The van der Waals surface area contributed by atoms with Crippen LogP contribution in [0.1, 0.15) is 52.3 Å². The number of hydrogen-bond acceptors (Lipinski definition) is 6. The van der Waals surface area contributed by atoms with E-state index in [1.165, 1.54) is 41.2 Å². The molecule has 1 atom stereocenters. The zero-order valence-corrected chi connectivity index (χ0v) is 14.9. The maximum atomic E-state index is 12.3. The normalized spacial score (nSPS) is 17.0. The Balaban J connectivity index is 1.65. The van der Waals surface area contributed by atoms with Crippen LogP contribution >= 0.6 is 22.7 Å². The summed E-state index contributed by atoms with van der Waals surface area (Å²) in [6.07, 6.45) is 6.58. The lowest BCUT2D eigenvalue weighted by Gasteiger charge is -2.19. The van der Waals surface area contributed by atoms with Crippen LogP contribution in [-0.2, 0) is 19.3 Å². The van der Waals surface area contributed by atoms with E-state index in [0.29, 0.717) is 23.8 Å². The zero-order valence-electron chi connectivity index (χ0n) is 13.3. The number of carbonyl (C=O) groups excluding carboxylic acids is 1. The first-order valence-electron chi connectivity index (χ1n) is 8.14. The zero-order chi connectivity index (χ0) is 16.2. The fraction of sp³-hybridized carbons (Fsp3) is 0.562. The third kappa shape index (κ3) is 3.97. The molecule has 0 saturated carbocycles. The number of nitrogens with zero attached hydrogens (tertiary/aromatic N) is 2. The lowest BCUT2D eigenvalue weighted by molar-refractivity contribution is 0.102. The molecule has 3 rings (SSSR count). The van der Waals surface area contributed by atoms with E-state index in [2.05, 4.69) is 22.2 Å². The minimum atomic E-state index is -0.180. The van der Waals surface area contributed by atoms with Crippen LogP contribution in [0.5, 0.6) is 0 Å². The average Bonchev–Trinajstić information content (AvgIpc) is 3.14. The van der Waals surface area contributed by atoms with Crippen LogP contribution in [0, 0.1) is 5.92 Å². The van der Waals surface area contributed by atoms with E-state index in [1.807, 2.05) is 0 Å². The lowest BCUT2D eigenvalue weighted by atomic mass is 9.88. The van der Waals surface area contributed by atoms with Gasteiger partial charge in [0.2, 0.25) is 0 Å². The van der Waals surface area contributed by atoms with Gasteiger partial charge in [0.1, 0.15) is 5.69 Å². The van der Waals surface area contributed by atoms with Crippen molar-refractivity contribution < 1.29 is 4.79 Å². The van der Waals surface area contributed by atoms with E-state index in [-0.39, 0.29) is 5.91 Å². The summed E-state index contributed by atoms with van der Waals surface area (Å²) in [5.74, 6) is 0.592. The van der Waals surface area contributed by atoms with Crippen LogP contribution in [0.25, 0.3) is 0 Å². The second-order valence-electron chi connectivity index (χ2n) is 5.91. The van der Waals surface area contributed by atoms with Crippen LogP contribution in [0.15, 0.2) is 5.38 Å². The van der Waals surface area contributed by atoms with Gasteiger partial charge in [-0.25, -0.2) is 9.97 Å². The summed E-state index contributed by atoms with van der Waals surface area (Å²) in [5.41, 5.74) is 7.14. The van der Waals surface area contributed by atoms with Crippen LogP contribution in [0.2, 0.25) is 0 Å². The molecule has 3 N–H and O–H groups in total. The van der Waals surface area contributed by atoms with Gasteiger partial charge < -0.3 is 5.73 Å². The Labute approximate surface area is 144 Å². The van der Waals surface area contributed by atoms with Gasteiger partial charge >= 0.3 is 0 Å². The number of nitrogens with one attached hydrogen (secondary N) is 1. The highest BCUT2D eigenvalue weighted by Crippen LogP contribution is 2.34. The summed E-state index contributed by atoms with van der Waals surface area (Å²) < 4.78 is 0. The first-order valence-corrected chi connectivity index (χ1v) is 9.83. The number of thiazole rings is 2. The maximum absolute atomic E-state index is 12.3. The highest BCUT2D eigenvalue weighted by Gasteiger charge is 2.23. The summed E-state index contributed by atoms with van der Waals surface area (Å²) in [4.78, 5) is 22.5. The smallest absolute Gasteiger partial charge is 0.276 e. The molecular weight excluding hydrogens is 328 g/mol. The molecule has 0 aromatic carbocycles. The second kappa shape index (κ2) is 7.51. The van der Waals surface area contributed by atoms with Gasteiger partial charge in [-0.2, -0.15) is 0 Å². The number of fused-ring (bicyclic) bond motifs is 1. The molecule has 0 aliphatic heterocycles. The van der Waals surface area contributed by atoms with Gasteiger partial charge in [-0.15, -0.1) is 22.7 Å². The van der Waals surface area contributed by atoms with Crippen molar-refractivity contribution in [2.24, 2.45) is 11.7 Å². The van der Waals surface area contributed by atoms with E-state index in [4.69, 9.17) is 5.73 Å². The van der Waals surface area contributed by atoms with Gasteiger partial charge in [0.15, 0.2) is 5.13 Å². The summed E-state index contributed by atoms with van der Waals surface area (Å²) in [5, 5.41) is 6.28. The number of rotatable bonds is 6. The highest BCUT2D eigenvalue weighted by atomic mass is 32.1. The molecule has 1 unspecified atom stereocenters. The molecule has 0 spiro atoms. The predicted molar refractivity (Wildman–Crippen MR) is 95.4 cm³/mol. The summed E-state index contributed by atoms with van der Waals surface area (Å²) >= 11 is 3.09. The second-order valence-corrected chi connectivity index (χ2v) is 7.93. The molecule has 7 heteroatoms. The molecule has 0 fully saturated rings. The Morgan fingerprint density at radius 1 is 1.48 bits per heavy atom. The van der Waals surface area contributed by atoms with Crippen molar-refractivity contribution in [3.05, 3.63) is 26.7 Å². The van der Waals surface area contributed by atoms with Crippen LogP contribution in [0.3, 0.4) is 0 Å². The van der Waals surface area contributed by atoms with Crippen molar-refractivity contribution in [2.75, 3.05) is 11.9 Å². The van der Waals surface area contributed by atoms with Crippen molar-refractivity contribution in [3.8, 4) is 0 Å². The maximum Gasteiger partial charge on any atom is 0.276 e. The highest BCUT2D eigenvalue weighted by molar-refractivity contribution is 7.16. The Morgan fingerprint density at radius 2 is 2.35 bits per heavy atom. The number of anilines is 1. The molecule has 0 radical (unpaired) electrons. The molecule has 23 heavy (non-hydrogen) atoms. The minimum absolute atomic E-state index is 0.180. The Morgan fingerprint density at radius 3 is 3.13 bits per heavy atom. The standard InChI is InChI=1S/C16H22N4OS2/c1-2-3-10-4-5-11-13(8-10)23-16(19-11)20-15(21)12-9-22-14(18-12)6-7-17/h9-10H,2-8,17H2,1H3,(H,19,20,21). The number of carbonyl (C=O) groups is 1. The number of amides is 1. The van der Waals surface area contributed by atoms with Crippen LogP contribution in [-0.4, -0.2) is 22.4 Å². The summed E-state index contributed by atoms with van der Waals surface area (Å²) in [7, 11) is 0. The molecule has 1 aliphatic carbocycles. The van der Waals surface area contributed by atoms with Crippen LogP contribution < -0.4 is 11.1 Å². The fourth-order valence-corrected chi connectivity index (χ4v) is 4.88. The van der Waals surface area contributed by atoms with E-state index in [9.17, 15) is 4.79 Å². The quantitative estimate of drug-likeness (QED) is 0.838. The SMILES string of the molecule is CCCC1CCc2nc(NC(=O)c3csc(CCN)n3)sc2C1. The van der Waals surface area contributed by atoms with Gasteiger partial charge in [-0.1, -0.05) is 19.8 Å². The van der Waals surface area contributed by atoms with E-state index in [0.717, 1.165) is 23.8 Å². The van der Waals surface area contributed by atoms with Crippen molar-refractivity contribution in [3.63, 3.8) is 0 Å². The van der Waals surface area contributed by atoms with Gasteiger partial charge in [0, 0.05) is 16.7 Å². The molecule has 2 aromatic heterocycles. The van der Waals surface area contributed by atoms with E-state index in [1.54, 1.807) is 16.7 Å². The van der Waals surface area contributed by atoms with Crippen molar-refractivity contribution in [2.45, 2.75) is 45.4 Å². The fourth-order valence-electron chi connectivity index (χ4n) is 2.97. The van der Waals surface area contributed by atoms with Gasteiger partial charge in [-0.05, 0) is 31.7 Å². The molecule has 1 amide bonds. The van der Waals surface area contributed by atoms with E-state index < -0.39 is 0 Å². The first kappa shape index (κ1) is 16.5. The summed E-state index contributed by atoms with van der Waals surface area (Å²) in [6.45, 7) is 2.79. The van der Waals surface area contributed by atoms with Crippen molar-refractivity contribution >= 4 is 33.7 Å². The Hall–Kier alpha value is -1.31. The largest absolute Gasteiger partial charge is 0.330 e. The number of hydrogen-bond donors (Lipinski definition) is 2. The third-order valence-corrected chi connectivity index (χ3v) is 6.05. The van der Waals surface area contributed by atoms with Crippen LogP contribution in [0.4, 0.5) is 5.13 Å². The van der Waals surface area contributed by atoms with Gasteiger partial charge in [-0.3, -0.25) is 10.1 Å². The van der Waals surface area contributed by atoms with Gasteiger partial charge in [0.25, 0.3) is 5.91 Å². The number of aromatic nitrogens is 2. The lowest BCUT2D eigenvalue weighted by Crippen LogP contribution is -2.13. The molecule has 2 aromatic rings. The Bertz CT molecular complexity index is 679. The van der Waals surface area contributed by atoms with Gasteiger partial charge in [0.05, 0.1) is 10.7 Å². The number of nitrogens with two attached hydrogens (primary N) is 1. The topological polar surface area (TPSA) is 80.9 Å². The molecule has 2 heterocycles. The molecule has 1 aliphatic rings. The monoisotopic (exact) mass is 350 g/mol. The first-order chi connectivity index (χ1) is 11.2. The minimum Gasteiger partial charge on any atom is -0.330 e. The summed E-state index contributed by atoms with van der Waals surface area (Å²) in [6, 6.07) is 0. The van der Waals surface area contributed by atoms with Crippen molar-refractivity contribution in [1.29, 1.82) is 0 Å². The molecular formula is C16H22N4OS2. The predicted octanol–water partition coefficient (Wildman–Crippen LogP) is 3.26. The molecule has 0 saturated heterocycles. The van der Waals surface area contributed by atoms with Crippen molar-refractivity contribution in [1.82, 2.24) is 9.97 Å². The molecule has 124 valence electrons. The Kier molecular flexibility index (Phi) is 5.40. The number of aryl methyl sites for hydroxylation is 1. The average molecular weight is 351 g/mol. The third-order valence-electron chi connectivity index (χ3n) is 4.10. The molecule has 5 nitrogen and oxygen atoms in total. The van der Waals surface area contributed by atoms with E-state index >= 15 is 0 Å².